The maximum Gasteiger partial charge on any atom is 0.416 e. The first kappa shape index (κ1) is 15.3. The summed E-state index contributed by atoms with van der Waals surface area (Å²) >= 11 is 0. The van der Waals surface area contributed by atoms with E-state index in [1.807, 2.05) is 0 Å². The van der Waals surface area contributed by atoms with Crippen molar-refractivity contribution in [2.75, 3.05) is 5.32 Å². The third kappa shape index (κ3) is 3.25. The Morgan fingerprint density at radius 2 is 1.91 bits per heavy atom. The molecule has 0 aliphatic heterocycles. The van der Waals surface area contributed by atoms with E-state index in [4.69, 9.17) is 4.42 Å². The summed E-state index contributed by atoms with van der Waals surface area (Å²) in [5.41, 5.74) is 0.837. The molecule has 0 spiro atoms. The van der Waals surface area contributed by atoms with E-state index in [1.54, 1.807) is 19.9 Å². The van der Waals surface area contributed by atoms with Gasteiger partial charge in [-0.3, -0.25) is 4.98 Å². The predicted octanol–water partition coefficient (Wildman–Crippen LogP) is 3.87. The molecule has 0 aliphatic carbocycles. The number of rotatable bonds is 3. The summed E-state index contributed by atoms with van der Waals surface area (Å²) in [5.74, 6) is 0.851. The molecule has 0 aliphatic rings. The van der Waals surface area contributed by atoms with Crippen LogP contribution in [0.1, 0.15) is 23.0 Å². The van der Waals surface area contributed by atoms with E-state index in [0.29, 0.717) is 28.5 Å². The Labute approximate surface area is 129 Å². The van der Waals surface area contributed by atoms with Gasteiger partial charge >= 0.3 is 6.18 Å². The average Bonchev–Trinajstić information content (AvgIpc) is 2.88. The molecular formula is C15H13F3N4O. The fourth-order valence-corrected chi connectivity index (χ4v) is 2.26. The van der Waals surface area contributed by atoms with E-state index in [1.165, 1.54) is 6.07 Å². The van der Waals surface area contributed by atoms with Crippen LogP contribution >= 0.6 is 0 Å². The fourth-order valence-electron chi connectivity index (χ4n) is 2.26. The zero-order chi connectivity index (χ0) is 16.6. The van der Waals surface area contributed by atoms with Gasteiger partial charge in [-0.25, -0.2) is 0 Å². The molecule has 3 aromatic rings. The van der Waals surface area contributed by atoms with Gasteiger partial charge in [0.15, 0.2) is 0 Å². The number of alkyl halides is 3. The number of aromatic nitrogens is 3. The molecular weight excluding hydrogens is 309 g/mol. The number of nitrogens with zero attached hydrogens (tertiary/aromatic N) is 3. The summed E-state index contributed by atoms with van der Waals surface area (Å²) < 4.78 is 43.7. The normalized spacial score (nSPS) is 11.9. The minimum absolute atomic E-state index is 0.278. The van der Waals surface area contributed by atoms with Crippen LogP contribution in [0.2, 0.25) is 0 Å². The highest BCUT2D eigenvalue weighted by Gasteiger charge is 2.30. The van der Waals surface area contributed by atoms with Crippen LogP contribution in [0.5, 0.6) is 0 Å². The highest BCUT2D eigenvalue weighted by atomic mass is 19.4. The molecule has 0 unspecified atom stereocenters. The lowest BCUT2D eigenvalue weighted by molar-refractivity contribution is -0.137. The number of hydrogen-bond donors (Lipinski definition) is 1. The Bertz CT molecular complexity index is 858. The van der Waals surface area contributed by atoms with Gasteiger partial charge in [0.1, 0.15) is 0 Å². The average molecular weight is 322 g/mol. The molecule has 5 nitrogen and oxygen atoms in total. The van der Waals surface area contributed by atoms with E-state index < -0.39 is 11.7 Å². The molecule has 3 rings (SSSR count). The highest BCUT2D eigenvalue weighted by molar-refractivity contribution is 5.91. The molecule has 0 atom stereocenters. The number of anilines is 1. The van der Waals surface area contributed by atoms with E-state index in [9.17, 15) is 13.2 Å². The van der Waals surface area contributed by atoms with Gasteiger partial charge in [-0.2, -0.15) is 13.2 Å². The molecule has 23 heavy (non-hydrogen) atoms. The zero-order valence-corrected chi connectivity index (χ0v) is 12.4. The van der Waals surface area contributed by atoms with Crippen molar-refractivity contribution in [1.82, 2.24) is 15.2 Å². The second-order valence-electron chi connectivity index (χ2n) is 5.11. The molecule has 0 saturated carbocycles. The van der Waals surface area contributed by atoms with Crippen LogP contribution in [0.3, 0.4) is 0 Å². The van der Waals surface area contributed by atoms with Crippen LogP contribution in [0, 0.1) is 13.8 Å². The summed E-state index contributed by atoms with van der Waals surface area (Å²) in [4.78, 5) is 4.18. The van der Waals surface area contributed by atoms with E-state index in [2.05, 4.69) is 20.5 Å². The standard InChI is InChI=1S/C15H13F3N4O/c1-8-5-12(19-7-14-22-21-9(2)23-14)11-4-3-10(15(16,17)18)6-13(11)20-8/h3-6H,7H2,1-2H3,(H,19,20). The lowest BCUT2D eigenvalue weighted by atomic mass is 10.1. The summed E-state index contributed by atoms with van der Waals surface area (Å²) in [6, 6.07) is 5.26. The number of nitrogens with one attached hydrogen (secondary N) is 1. The zero-order valence-electron chi connectivity index (χ0n) is 12.4. The van der Waals surface area contributed by atoms with Crippen LogP contribution in [0.25, 0.3) is 10.9 Å². The molecule has 1 aromatic carbocycles. The second kappa shape index (κ2) is 5.53. The molecule has 0 fully saturated rings. The Kier molecular flexibility index (Phi) is 3.67. The van der Waals surface area contributed by atoms with Crippen molar-refractivity contribution in [3.05, 3.63) is 47.3 Å². The third-order valence-electron chi connectivity index (χ3n) is 3.26. The van der Waals surface area contributed by atoms with Crippen molar-refractivity contribution in [3.63, 3.8) is 0 Å². The Hall–Kier alpha value is -2.64. The molecule has 1 N–H and O–H groups in total. The van der Waals surface area contributed by atoms with Crippen molar-refractivity contribution in [3.8, 4) is 0 Å². The van der Waals surface area contributed by atoms with Crippen molar-refractivity contribution in [2.24, 2.45) is 0 Å². The van der Waals surface area contributed by atoms with Gasteiger partial charge in [-0.1, -0.05) is 6.07 Å². The van der Waals surface area contributed by atoms with Crippen molar-refractivity contribution >= 4 is 16.6 Å². The number of aryl methyl sites for hydroxylation is 2. The first-order valence-electron chi connectivity index (χ1n) is 6.84. The monoisotopic (exact) mass is 322 g/mol. The van der Waals surface area contributed by atoms with Gasteiger partial charge in [-0.05, 0) is 25.1 Å². The maximum atomic E-state index is 12.8. The van der Waals surface area contributed by atoms with Gasteiger partial charge < -0.3 is 9.73 Å². The van der Waals surface area contributed by atoms with Crippen LogP contribution in [-0.2, 0) is 12.7 Å². The van der Waals surface area contributed by atoms with Gasteiger partial charge in [0, 0.05) is 23.7 Å². The van der Waals surface area contributed by atoms with Crippen LogP contribution < -0.4 is 5.32 Å². The number of pyridine rings is 1. The van der Waals surface area contributed by atoms with Crippen molar-refractivity contribution in [2.45, 2.75) is 26.6 Å². The summed E-state index contributed by atoms with van der Waals surface area (Å²) in [6.45, 7) is 3.68. The summed E-state index contributed by atoms with van der Waals surface area (Å²) in [6.07, 6.45) is -4.39. The van der Waals surface area contributed by atoms with Gasteiger partial charge in [0.05, 0.1) is 17.6 Å². The van der Waals surface area contributed by atoms with Crippen LogP contribution in [0.4, 0.5) is 18.9 Å². The predicted molar refractivity (Wildman–Crippen MR) is 77.8 cm³/mol. The van der Waals surface area contributed by atoms with Crippen molar-refractivity contribution < 1.29 is 17.6 Å². The quantitative estimate of drug-likeness (QED) is 0.793. The van der Waals surface area contributed by atoms with E-state index in [-0.39, 0.29) is 12.1 Å². The molecule has 120 valence electrons. The Morgan fingerprint density at radius 1 is 1.13 bits per heavy atom. The molecule has 0 saturated heterocycles. The second-order valence-corrected chi connectivity index (χ2v) is 5.11. The first-order valence-corrected chi connectivity index (χ1v) is 6.84. The number of fused-ring (bicyclic) bond motifs is 1. The molecule has 2 aromatic heterocycles. The minimum atomic E-state index is -4.39. The largest absolute Gasteiger partial charge is 0.424 e. The lowest BCUT2D eigenvalue weighted by Gasteiger charge is -2.12. The van der Waals surface area contributed by atoms with Gasteiger partial charge in [0.2, 0.25) is 11.8 Å². The Morgan fingerprint density at radius 3 is 2.57 bits per heavy atom. The summed E-state index contributed by atoms with van der Waals surface area (Å²) in [7, 11) is 0. The SMILES string of the molecule is Cc1cc(NCc2nnc(C)o2)c2ccc(C(F)(F)F)cc2n1. The van der Waals surface area contributed by atoms with Gasteiger partial charge in [-0.15, -0.1) is 10.2 Å². The molecule has 2 heterocycles. The van der Waals surface area contributed by atoms with E-state index >= 15 is 0 Å². The lowest BCUT2D eigenvalue weighted by Crippen LogP contribution is -2.06. The van der Waals surface area contributed by atoms with Gasteiger partial charge in [0.25, 0.3) is 0 Å². The van der Waals surface area contributed by atoms with E-state index in [0.717, 1.165) is 12.1 Å². The fraction of sp³-hybridized carbons (Fsp3) is 0.267. The third-order valence-corrected chi connectivity index (χ3v) is 3.26. The molecule has 0 bridgehead atoms. The topological polar surface area (TPSA) is 63.8 Å². The molecule has 8 heteroatoms. The van der Waals surface area contributed by atoms with Crippen LogP contribution in [-0.4, -0.2) is 15.2 Å². The first-order chi connectivity index (χ1) is 10.8. The number of benzene rings is 1. The molecule has 0 radical (unpaired) electrons. The smallest absolute Gasteiger partial charge is 0.416 e. The maximum absolute atomic E-state index is 12.8. The van der Waals surface area contributed by atoms with Crippen LogP contribution in [0.15, 0.2) is 28.7 Å². The number of hydrogen-bond acceptors (Lipinski definition) is 5. The minimum Gasteiger partial charge on any atom is -0.424 e. The number of halogens is 3. The van der Waals surface area contributed by atoms with Crippen molar-refractivity contribution in [1.29, 1.82) is 0 Å². The summed E-state index contributed by atoms with van der Waals surface area (Å²) in [5, 5.41) is 11.3. The molecule has 0 amide bonds. The highest BCUT2D eigenvalue weighted by Crippen LogP contribution is 2.33. The Balaban J connectivity index is 1.96.